The summed E-state index contributed by atoms with van der Waals surface area (Å²) in [6, 6.07) is 34.6. The number of aromatic nitrogens is 2. The molecule has 49 heavy (non-hydrogen) atoms. The van der Waals surface area contributed by atoms with Gasteiger partial charge in [-0.3, -0.25) is 9.89 Å². The molecule has 1 aromatic heterocycles. The molecule has 4 aromatic carbocycles. The van der Waals surface area contributed by atoms with Crippen LogP contribution in [0.15, 0.2) is 126 Å². The number of aliphatic hydroxyl groups excluding tert-OH is 2. The number of hydrogen-bond donors (Lipinski definition) is 3. The van der Waals surface area contributed by atoms with Gasteiger partial charge in [0.1, 0.15) is 5.69 Å². The highest BCUT2D eigenvalue weighted by Gasteiger charge is 2.56. The van der Waals surface area contributed by atoms with Crippen LogP contribution < -0.4 is 10.5 Å². The summed E-state index contributed by atoms with van der Waals surface area (Å²) in [6.45, 7) is 4.68. The standard InChI is InChI=1S/C40H38F3N3O3/c1-3-45-31-20-19-25(2)21-30(31)39(23-26-13-7-4-8-14-26,24-27-15-9-5-10-16-27)32(45)22-29-35(47)33(36(29)48)34-37(40(41,42)43)44-46(38(34)49)28-17-11-6-12-18-28/h4-22,29,33,35-36,44,47-48H,3,23-24H2,1-2H3. The predicted octanol–water partition coefficient (Wildman–Crippen LogP) is 7.08. The van der Waals surface area contributed by atoms with Gasteiger partial charge >= 0.3 is 6.18 Å². The number of hydrogen-bond acceptors (Lipinski definition) is 4. The van der Waals surface area contributed by atoms with Crippen molar-refractivity contribution in [1.29, 1.82) is 0 Å². The maximum Gasteiger partial charge on any atom is 0.433 e. The minimum Gasteiger partial charge on any atom is -0.392 e. The summed E-state index contributed by atoms with van der Waals surface area (Å²) in [4.78, 5) is 15.8. The fraction of sp³-hybridized carbons (Fsp3) is 0.275. The van der Waals surface area contributed by atoms with Gasteiger partial charge in [-0.15, -0.1) is 0 Å². The zero-order chi connectivity index (χ0) is 34.5. The monoisotopic (exact) mass is 665 g/mol. The first-order valence-electron chi connectivity index (χ1n) is 16.6. The van der Waals surface area contributed by atoms with Gasteiger partial charge in [0, 0.05) is 35.2 Å². The molecular formula is C40H38F3N3O3. The number of aliphatic hydroxyl groups is 2. The Hall–Kier alpha value is -4.86. The molecule has 0 saturated heterocycles. The Morgan fingerprint density at radius 3 is 1.92 bits per heavy atom. The fourth-order valence-electron chi connectivity index (χ4n) is 7.90. The zero-order valence-corrected chi connectivity index (χ0v) is 27.2. The highest BCUT2D eigenvalue weighted by Crippen LogP contribution is 2.54. The number of benzene rings is 4. The van der Waals surface area contributed by atoms with Crippen LogP contribution >= 0.6 is 0 Å². The Balaban J connectivity index is 1.36. The maximum atomic E-state index is 14.4. The van der Waals surface area contributed by atoms with E-state index < -0.39 is 52.5 Å². The summed E-state index contributed by atoms with van der Waals surface area (Å²) in [5.74, 6) is -2.36. The maximum absolute atomic E-state index is 14.4. The lowest BCUT2D eigenvalue weighted by atomic mass is 9.63. The molecule has 0 spiro atoms. The molecule has 6 nitrogen and oxygen atoms in total. The van der Waals surface area contributed by atoms with Crippen molar-refractivity contribution in [2.45, 2.75) is 56.4 Å². The summed E-state index contributed by atoms with van der Waals surface area (Å²) in [6.07, 6.45) is -4.71. The van der Waals surface area contributed by atoms with Crippen LogP contribution in [0.5, 0.6) is 0 Å². The van der Waals surface area contributed by atoms with Gasteiger partial charge in [0.2, 0.25) is 0 Å². The summed E-state index contributed by atoms with van der Waals surface area (Å²) in [5.41, 5.74) is 3.01. The van der Waals surface area contributed by atoms with Crippen LogP contribution in [0.2, 0.25) is 0 Å². The average Bonchev–Trinajstić information content (AvgIpc) is 3.56. The molecule has 2 atom stereocenters. The van der Waals surface area contributed by atoms with Gasteiger partial charge < -0.3 is 15.1 Å². The summed E-state index contributed by atoms with van der Waals surface area (Å²) >= 11 is 0. The Bertz CT molecular complexity index is 1990. The van der Waals surface area contributed by atoms with Crippen molar-refractivity contribution >= 4 is 5.69 Å². The lowest BCUT2D eigenvalue weighted by Gasteiger charge is -2.46. The number of fused-ring (bicyclic) bond motifs is 1. The number of aromatic amines is 1. The number of rotatable bonds is 8. The summed E-state index contributed by atoms with van der Waals surface area (Å²) in [7, 11) is 0. The molecule has 5 aromatic rings. The van der Waals surface area contributed by atoms with Crippen LogP contribution in [0.1, 0.15) is 46.4 Å². The molecule has 0 bridgehead atoms. The lowest BCUT2D eigenvalue weighted by Crippen LogP contribution is -2.55. The van der Waals surface area contributed by atoms with Crippen molar-refractivity contribution in [3.63, 3.8) is 0 Å². The third-order valence-corrected chi connectivity index (χ3v) is 10.2. The lowest BCUT2D eigenvalue weighted by molar-refractivity contribution is -0.145. The Labute approximate surface area is 282 Å². The number of alkyl halides is 3. The van der Waals surface area contributed by atoms with Crippen LogP contribution in [0.25, 0.3) is 5.69 Å². The van der Waals surface area contributed by atoms with E-state index in [9.17, 15) is 28.2 Å². The number of nitrogens with one attached hydrogen (secondary N) is 1. The molecule has 0 radical (unpaired) electrons. The first kappa shape index (κ1) is 32.7. The van der Waals surface area contributed by atoms with Crippen LogP contribution in [0.4, 0.5) is 18.9 Å². The minimum absolute atomic E-state index is 0.218. The number of para-hydroxylation sites is 1. The van der Waals surface area contributed by atoms with E-state index in [-0.39, 0.29) is 5.69 Å². The van der Waals surface area contributed by atoms with E-state index >= 15 is 0 Å². The number of likely N-dealkylation sites (N-methyl/N-ethyl adjacent to an activating group) is 1. The molecule has 2 aliphatic rings. The van der Waals surface area contributed by atoms with Crippen LogP contribution in [-0.4, -0.2) is 38.7 Å². The fourth-order valence-corrected chi connectivity index (χ4v) is 7.90. The molecule has 7 rings (SSSR count). The SMILES string of the molecule is CCN1C(=CC2C(O)C(c3c(C(F)(F)F)[nH]n(-c4ccccc4)c3=O)C2O)C(Cc2ccccc2)(Cc2ccccc2)c2cc(C)ccc21. The number of H-pyrrole nitrogens is 1. The van der Waals surface area contributed by atoms with Gasteiger partial charge in [0.25, 0.3) is 5.56 Å². The smallest absolute Gasteiger partial charge is 0.392 e. The van der Waals surface area contributed by atoms with Crippen LogP contribution in [-0.2, 0) is 24.4 Å². The van der Waals surface area contributed by atoms with Crippen molar-refractivity contribution in [1.82, 2.24) is 9.78 Å². The highest BCUT2D eigenvalue weighted by molar-refractivity contribution is 5.73. The van der Waals surface area contributed by atoms with Gasteiger partial charge in [0.05, 0.1) is 23.5 Å². The number of halogens is 3. The van der Waals surface area contributed by atoms with Crippen LogP contribution in [0, 0.1) is 12.8 Å². The molecule has 2 unspecified atom stereocenters. The van der Waals surface area contributed by atoms with E-state index in [0.29, 0.717) is 19.4 Å². The van der Waals surface area contributed by atoms with Gasteiger partial charge in [0.15, 0.2) is 0 Å². The second-order valence-electron chi connectivity index (χ2n) is 13.2. The van der Waals surface area contributed by atoms with Gasteiger partial charge in [-0.1, -0.05) is 103 Å². The summed E-state index contributed by atoms with van der Waals surface area (Å²) in [5, 5.41) is 25.5. The van der Waals surface area contributed by atoms with E-state index in [2.05, 4.69) is 59.4 Å². The molecule has 3 N–H and O–H groups in total. The second kappa shape index (κ2) is 12.5. The Kier molecular flexibility index (Phi) is 8.37. The normalized spacial score (nSPS) is 22.3. The molecule has 9 heteroatoms. The number of allylic oxidation sites excluding steroid dienone is 1. The number of nitrogens with zero attached hydrogens (tertiary/aromatic N) is 2. The predicted molar refractivity (Wildman–Crippen MR) is 184 cm³/mol. The van der Waals surface area contributed by atoms with Crippen molar-refractivity contribution in [3.8, 4) is 5.69 Å². The van der Waals surface area contributed by atoms with Crippen LogP contribution in [0.3, 0.4) is 0 Å². The van der Waals surface area contributed by atoms with E-state index in [1.165, 1.54) is 12.1 Å². The molecule has 1 saturated carbocycles. The minimum atomic E-state index is -4.91. The molecule has 0 amide bonds. The largest absolute Gasteiger partial charge is 0.433 e. The molecule has 1 fully saturated rings. The van der Waals surface area contributed by atoms with Crippen molar-refractivity contribution in [3.05, 3.63) is 165 Å². The van der Waals surface area contributed by atoms with Gasteiger partial charge in [-0.05, 0) is 61.6 Å². The van der Waals surface area contributed by atoms with Gasteiger partial charge in [-0.25, -0.2) is 4.68 Å². The third kappa shape index (κ3) is 5.60. The molecule has 1 aliphatic carbocycles. The average molecular weight is 666 g/mol. The molecule has 2 heterocycles. The van der Waals surface area contributed by atoms with E-state index in [1.807, 2.05) is 49.4 Å². The van der Waals surface area contributed by atoms with E-state index in [4.69, 9.17) is 0 Å². The highest BCUT2D eigenvalue weighted by atomic mass is 19.4. The molecular weight excluding hydrogens is 627 g/mol. The van der Waals surface area contributed by atoms with Crippen molar-refractivity contribution < 1.29 is 23.4 Å². The first-order chi connectivity index (χ1) is 23.5. The topological polar surface area (TPSA) is 81.5 Å². The van der Waals surface area contributed by atoms with Gasteiger partial charge in [-0.2, -0.15) is 13.2 Å². The van der Waals surface area contributed by atoms with Crippen molar-refractivity contribution in [2.24, 2.45) is 5.92 Å². The second-order valence-corrected chi connectivity index (χ2v) is 13.2. The van der Waals surface area contributed by atoms with E-state index in [1.54, 1.807) is 18.2 Å². The first-order valence-corrected chi connectivity index (χ1v) is 16.6. The quantitative estimate of drug-likeness (QED) is 0.166. The van der Waals surface area contributed by atoms with Crippen molar-refractivity contribution in [2.75, 3.05) is 11.4 Å². The van der Waals surface area contributed by atoms with E-state index in [0.717, 1.165) is 38.3 Å². The molecule has 1 aliphatic heterocycles. The number of anilines is 1. The Morgan fingerprint density at radius 1 is 0.837 bits per heavy atom. The third-order valence-electron chi connectivity index (χ3n) is 10.2. The Morgan fingerprint density at radius 2 is 1.39 bits per heavy atom. The zero-order valence-electron chi connectivity index (χ0n) is 27.2. The summed E-state index contributed by atoms with van der Waals surface area (Å²) < 4.78 is 44.0. The molecule has 252 valence electrons. The number of aryl methyl sites for hydroxylation is 1.